The van der Waals surface area contributed by atoms with Crippen molar-refractivity contribution in [2.45, 2.75) is 45.4 Å². The van der Waals surface area contributed by atoms with Gasteiger partial charge in [-0.15, -0.1) is 0 Å². The second-order valence-corrected chi connectivity index (χ2v) is 7.65. The van der Waals surface area contributed by atoms with Gasteiger partial charge in [0.1, 0.15) is 18.5 Å². The van der Waals surface area contributed by atoms with E-state index in [4.69, 9.17) is 14.2 Å². The summed E-state index contributed by atoms with van der Waals surface area (Å²) in [5.74, 6) is 0.840. The summed E-state index contributed by atoms with van der Waals surface area (Å²) in [5, 5.41) is 2.99. The topological polar surface area (TPSA) is 60.0 Å². The number of hydrogen-bond donors (Lipinski definition) is 1. The van der Waals surface area contributed by atoms with Gasteiger partial charge in [-0.3, -0.25) is 4.79 Å². The fraction of sp³-hybridized carbons (Fsp3) is 0.667. The zero-order valence-electron chi connectivity index (χ0n) is 17.1. The Morgan fingerprint density at radius 1 is 1.37 bits per heavy atom. The van der Waals surface area contributed by atoms with E-state index in [0.717, 1.165) is 37.3 Å². The summed E-state index contributed by atoms with van der Waals surface area (Å²) in [7, 11) is 4.03. The molecule has 2 rings (SSSR count). The maximum atomic E-state index is 12.6. The molecule has 1 aliphatic rings. The molecule has 1 aromatic carbocycles. The summed E-state index contributed by atoms with van der Waals surface area (Å²) >= 11 is 0. The molecule has 6 heteroatoms. The van der Waals surface area contributed by atoms with Gasteiger partial charge in [-0.2, -0.15) is 0 Å². The standard InChI is InChI=1S/C21H34N2O4/c1-16(2)20(27-15-19-9-6-11-25-19)21(24)22-14-17-7-5-8-18(13-17)26-12-10-23(3)4/h5,7-8,13,16,19-20H,6,9-12,14-15H2,1-4H3,(H,22,24)/t19-,20+/m1/s1. The third-order valence-corrected chi connectivity index (χ3v) is 4.52. The molecule has 6 nitrogen and oxygen atoms in total. The minimum atomic E-state index is -0.464. The lowest BCUT2D eigenvalue weighted by Gasteiger charge is -2.22. The van der Waals surface area contributed by atoms with Gasteiger partial charge in [-0.05, 0) is 50.6 Å². The highest BCUT2D eigenvalue weighted by Gasteiger charge is 2.25. The van der Waals surface area contributed by atoms with Crippen molar-refractivity contribution < 1.29 is 19.0 Å². The molecule has 1 amide bonds. The summed E-state index contributed by atoms with van der Waals surface area (Å²) in [6.07, 6.45) is 1.73. The second-order valence-electron chi connectivity index (χ2n) is 7.65. The summed E-state index contributed by atoms with van der Waals surface area (Å²) in [6.45, 7) is 7.22. The second kappa shape index (κ2) is 11.3. The SMILES string of the molecule is CC(C)[C@H](OC[C@H]1CCCO1)C(=O)NCc1cccc(OCCN(C)C)c1. The average molecular weight is 379 g/mol. The van der Waals surface area contributed by atoms with Gasteiger partial charge >= 0.3 is 0 Å². The van der Waals surface area contributed by atoms with Gasteiger partial charge in [0.2, 0.25) is 5.91 Å². The first-order valence-corrected chi connectivity index (χ1v) is 9.83. The Bertz CT molecular complexity index is 571. The van der Waals surface area contributed by atoms with Crippen LogP contribution in [-0.2, 0) is 20.8 Å². The maximum absolute atomic E-state index is 12.6. The van der Waals surface area contributed by atoms with Gasteiger partial charge in [0, 0.05) is 19.7 Å². The normalized spacial score (nSPS) is 18.1. The first-order chi connectivity index (χ1) is 13.0. The number of rotatable bonds is 11. The van der Waals surface area contributed by atoms with Gasteiger partial charge in [0.05, 0.1) is 12.7 Å². The number of carbonyl (C=O) groups excluding carboxylic acids is 1. The van der Waals surface area contributed by atoms with Crippen molar-refractivity contribution in [2.75, 3.05) is 40.5 Å². The summed E-state index contributed by atoms with van der Waals surface area (Å²) in [6, 6.07) is 7.83. The van der Waals surface area contributed by atoms with Crippen LogP contribution in [0.4, 0.5) is 0 Å². The molecule has 1 aliphatic heterocycles. The number of benzene rings is 1. The van der Waals surface area contributed by atoms with Crippen LogP contribution in [0.2, 0.25) is 0 Å². The van der Waals surface area contributed by atoms with Crippen molar-refractivity contribution in [1.82, 2.24) is 10.2 Å². The van der Waals surface area contributed by atoms with E-state index < -0.39 is 6.10 Å². The molecular weight excluding hydrogens is 344 g/mol. The quantitative estimate of drug-likeness (QED) is 0.641. The molecule has 27 heavy (non-hydrogen) atoms. The minimum absolute atomic E-state index is 0.0815. The molecule has 152 valence electrons. The van der Waals surface area contributed by atoms with Crippen LogP contribution in [0.3, 0.4) is 0 Å². The van der Waals surface area contributed by atoms with Crippen LogP contribution in [0.25, 0.3) is 0 Å². The lowest BCUT2D eigenvalue weighted by Crippen LogP contribution is -2.40. The Labute approximate surface area is 163 Å². The summed E-state index contributed by atoms with van der Waals surface area (Å²) < 4.78 is 17.2. The monoisotopic (exact) mass is 378 g/mol. The van der Waals surface area contributed by atoms with Crippen molar-refractivity contribution in [3.05, 3.63) is 29.8 Å². The molecule has 0 unspecified atom stereocenters. The van der Waals surface area contributed by atoms with Crippen molar-refractivity contribution in [3.8, 4) is 5.75 Å². The Kier molecular flexibility index (Phi) is 9.04. The number of nitrogens with one attached hydrogen (secondary N) is 1. The van der Waals surface area contributed by atoms with Crippen LogP contribution in [0.5, 0.6) is 5.75 Å². The molecule has 0 spiro atoms. The molecule has 1 N–H and O–H groups in total. The van der Waals surface area contributed by atoms with Crippen LogP contribution in [0.1, 0.15) is 32.3 Å². The number of carbonyl (C=O) groups is 1. The van der Waals surface area contributed by atoms with Crippen LogP contribution in [0.15, 0.2) is 24.3 Å². The van der Waals surface area contributed by atoms with Gasteiger partial charge in [-0.1, -0.05) is 26.0 Å². The Hall–Kier alpha value is -1.63. The number of amides is 1. The van der Waals surface area contributed by atoms with Crippen LogP contribution in [-0.4, -0.2) is 63.5 Å². The maximum Gasteiger partial charge on any atom is 0.249 e. The van der Waals surface area contributed by atoms with Crippen molar-refractivity contribution in [2.24, 2.45) is 5.92 Å². The number of nitrogens with zero attached hydrogens (tertiary/aromatic N) is 1. The first-order valence-electron chi connectivity index (χ1n) is 9.83. The predicted octanol–water partition coefficient (Wildman–Crippen LogP) is 2.46. The smallest absolute Gasteiger partial charge is 0.249 e. The zero-order valence-corrected chi connectivity index (χ0v) is 17.1. The Morgan fingerprint density at radius 3 is 2.85 bits per heavy atom. The molecule has 0 aliphatic carbocycles. The van der Waals surface area contributed by atoms with E-state index in [0.29, 0.717) is 19.8 Å². The van der Waals surface area contributed by atoms with Crippen LogP contribution in [0, 0.1) is 5.92 Å². The van der Waals surface area contributed by atoms with Gasteiger partial charge < -0.3 is 24.4 Å². The van der Waals surface area contributed by atoms with Crippen LogP contribution >= 0.6 is 0 Å². The largest absolute Gasteiger partial charge is 0.492 e. The molecule has 0 bridgehead atoms. The molecule has 1 aromatic rings. The summed E-state index contributed by atoms with van der Waals surface area (Å²) in [4.78, 5) is 14.7. The van der Waals surface area contributed by atoms with Gasteiger partial charge in [-0.25, -0.2) is 0 Å². The first kappa shape index (κ1) is 21.7. The molecule has 1 heterocycles. The molecule has 1 fully saturated rings. The minimum Gasteiger partial charge on any atom is -0.492 e. The lowest BCUT2D eigenvalue weighted by molar-refractivity contribution is -0.138. The van der Waals surface area contributed by atoms with Crippen molar-refractivity contribution in [1.29, 1.82) is 0 Å². The fourth-order valence-electron chi connectivity index (χ4n) is 2.94. The molecule has 2 atom stereocenters. The molecule has 0 aromatic heterocycles. The Balaban J connectivity index is 1.81. The van der Waals surface area contributed by atoms with E-state index in [-0.39, 0.29) is 17.9 Å². The molecular formula is C21H34N2O4. The van der Waals surface area contributed by atoms with Gasteiger partial charge in [0.15, 0.2) is 0 Å². The van der Waals surface area contributed by atoms with E-state index >= 15 is 0 Å². The third kappa shape index (κ3) is 7.87. The van der Waals surface area contributed by atoms with E-state index in [1.54, 1.807) is 0 Å². The van der Waals surface area contributed by atoms with E-state index in [1.165, 1.54) is 0 Å². The zero-order chi connectivity index (χ0) is 19.6. The van der Waals surface area contributed by atoms with E-state index in [1.807, 2.05) is 52.2 Å². The van der Waals surface area contributed by atoms with Crippen molar-refractivity contribution in [3.63, 3.8) is 0 Å². The highest BCUT2D eigenvalue weighted by molar-refractivity contribution is 5.81. The highest BCUT2D eigenvalue weighted by atomic mass is 16.5. The third-order valence-electron chi connectivity index (χ3n) is 4.52. The predicted molar refractivity (Wildman–Crippen MR) is 106 cm³/mol. The molecule has 1 saturated heterocycles. The molecule has 0 radical (unpaired) electrons. The number of ether oxygens (including phenoxy) is 3. The van der Waals surface area contributed by atoms with Gasteiger partial charge in [0.25, 0.3) is 0 Å². The fourth-order valence-corrected chi connectivity index (χ4v) is 2.94. The van der Waals surface area contributed by atoms with E-state index in [2.05, 4.69) is 10.2 Å². The average Bonchev–Trinajstić information content (AvgIpc) is 3.13. The lowest BCUT2D eigenvalue weighted by atomic mass is 10.1. The van der Waals surface area contributed by atoms with Crippen molar-refractivity contribution >= 4 is 5.91 Å². The van der Waals surface area contributed by atoms with E-state index in [9.17, 15) is 4.79 Å². The summed E-state index contributed by atoms with van der Waals surface area (Å²) in [5.41, 5.74) is 1.01. The number of hydrogen-bond acceptors (Lipinski definition) is 5. The highest BCUT2D eigenvalue weighted by Crippen LogP contribution is 2.16. The Morgan fingerprint density at radius 2 is 2.19 bits per heavy atom. The number of likely N-dealkylation sites (N-methyl/N-ethyl adjacent to an activating group) is 1. The van der Waals surface area contributed by atoms with Crippen LogP contribution < -0.4 is 10.1 Å². The molecule has 0 saturated carbocycles.